The molecule has 268 valence electrons. The largest absolute Gasteiger partial charge is 0.456 e. The molecule has 0 aliphatic heterocycles. The lowest BCUT2D eigenvalue weighted by Crippen LogP contribution is -2.18. The zero-order valence-electron chi connectivity index (χ0n) is 32.1. The number of benzene rings is 8. The van der Waals surface area contributed by atoms with Crippen molar-refractivity contribution in [3.05, 3.63) is 198 Å². The van der Waals surface area contributed by atoms with Gasteiger partial charge in [0.2, 0.25) is 0 Å². The average molecular weight is 720 g/mol. The van der Waals surface area contributed by atoms with Crippen LogP contribution in [0.2, 0.25) is 0 Å². The van der Waals surface area contributed by atoms with E-state index in [1.807, 2.05) is 6.07 Å². The van der Waals surface area contributed by atoms with E-state index in [0.29, 0.717) is 0 Å². The first-order valence-electron chi connectivity index (χ1n) is 19.7. The van der Waals surface area contributed by atoms with Crippen LogP contribution in [0.3, 0.4) is 0 Å². The van der Waals surface area contributed by atoms with Crippen molar-refractivity contribution in [2.75, 3.05) is 4.90 Å². The molecule has 0 bridgehead atoms. The second-order valence-electron chi connectivity index (χ2n) is 16.5. The molecule has 0 fully saturated rings. The van der Waals surface area contributed by atoms with E-state index in [-0.39, 0.29) is 10.8 Å². The van der Waals surface area contributed by atoms with Gasteiger partial charge in [0.15, 0.2) is 0 Å². The molecule has 1 heterocycles. The van der Waals surface area contributed by atoms with Crippen molar-refractivity contribution >= 4 is 39.0 Å². The molecule has 0 amide bonds. The fourth-order valence-electron chi connectivity index (χ4n) is 9.97. The molecule has 2 aliphatic rings. The SMILES string of the molecule is CC1(C)c2ccccc2-c2ccc(N(c3ccc(-c4cccc5oc6ccccc6c45)cc3)c3cc(-c4ccccc4)c4c(c3)-c3ccccc3C4(C)C)cc21. The first-order valence-corrected chi connectivity index (χ1v) is 19.7. The molecule has 2 heteroatoms. The molecule has 0 spiro atoms. The third-order valence-electron chi connectivity index (χ3n) is 12.6. The summed E-state index contributed by atoms with van der Waals surface area (Å²) in [7, 11) is 0. The Hall–Kier alpha value is -6.64. The molecule has 8 aromatic carbocycles. The Morgan fingerprint density at radius 2 is 0.946 bits per heavy atom. The molecule has 11 rings (SSSR count). The van der Waals surface area contributed by atoms with Crippen LogP contribution in [0.25, 0.3) is 66.4 Å². The first-order chi connectivity index (χ1) is 27.3. The van der Waals surface area contributed by atoms with Crippen molar-refractivity contribution in [2.45, 2.75) is 38.5 Å². The van der Waals surface area contributed by atoms with Crippen molar-refractivity contribution in [2.24, 2.45) is 0 Å². The number of anilines is 3. The highest BCUT2D eigenvalue weighted by atomic mass is 16.3. The molecule has 0 saturated heterocycles. The van der Waals surface area contributed by atoms with Crippen LogP contribution in [-0.2, 0) is 10.8 Å². The lowest BCUT2D eigenvalue weighted by atomic mass is 9.78. The highest BCUT2D eigenvalue weighted by Gasteiger charge is 2.39. The summed E-state index contributed by atoms with van der Waals surface area (Å²) in [5, 5.41) is 2.29. The Balaban J connectivity index is 1.14. The molecule has 0 saturated carbocycles. The maximum absolute atomic E-state index is 6.28. The second kappa shape index (κ2) is 11.9. The Morgan fingerprint density at radius 1 is 0.375 bits per heavy atom. The van der Waals surface area contributed by atoms with Gasteiger partial charge in [-0.1, -0.05) is 155 Å². The summed E-state index contributed by atoms with van der Waals surface area (Å²) < 4.78 is 6.28. The van der Waals surface area contributed by atoms with Crippen LogP contribution < -0.4 is 4.90 Å². The lowest BCUT2D eigenvalue weighted by molar-refractivity contribution is 0.660. The molecule has 0 unspecified atom stereocenters. The maximum atomic E-state index is 6.28. The molecule has 0 radical (unpaired) electrons. The van der Waals surface area contributed by atoms with Crippen LogP contribution in [0, 0.1) is 0 Å². The van der Waals surface area contributed by atoms with E-state index < -0.39 is 0 Å². The van der Waals surface area contributed by atoms with Gasteiger partial charge in [-0.2, -0.15) is 0 Å². The number of furan rings is 1. The summed E-state index contributed by atoms with van der Waals surface area (Å²) in [4.78, 5) is 2.47. The Bertz CT molecular complexity index is 3020. The van der Waals surface area contributed by atoms with Gasteiger partial charge in [0.25, 0.3) is 0 Å². The smallest absolute Gasteiger partial charge is 0.136 e. The van der Waals surface area contributed by atoms with Gasteiger partial charge < -0.3 is 9.32 Å². The molecular formula is C54H41NO. The summed E-state index contributed by atoms with van der Waals surface area (Å²) in [5.74, 6) is 0. The van der Waals surface area contributed by atoms with E-state index in [1.54, 1.807) is 0 Å². The predicted molar refractivity (Wildman–Crippen MR) is 234 cm³/mol. The quantitative estimate of drug-likeness (QED) is 0.176. The van der Waals surface area contributed by atoms with Gasteiger partial charge in [0, 0.05) is 38.7 Å². The normalized spacial score (nSPS) is 14.4. The minimum Gasteiger partial charge on any atom is -0.456 e. The highest BCUT2D eigenvalue weighted by Crippen LogP contribution is 2.55. The van der Waals surface area contributed by atoms with Gasteiger partial charge in [-0.05, 0) is 115 Å². The Kier molecular flexibility index (Phi) is 6.98. The number of hydrogen-bond donors (Lipinski definition) is 0. The van der Waals surface area contributed by atoms with Crippen LogP contribution in [0.15, 0.2) is 180 Å². The Labute approximate surface area is 328 Å². The molecule has 2 nitrogen and oxygen atoms in total. The zero-order valence-corrected chi connectivity index (χ0v) is 32.1. The van der Waals surface area contributed by atoms with Gasteiger partial charge in [0.05, 0.1) is 0 Å². The van der Waals surface area contributed by atoms with Crippen LogP contribution in [0.4, 0.5) is 17.1 Å². The number of nitrogens with zero attached hydrogens (tertiary/aromatic N) is 1. The maximum Gasteiger partial charge on any atom is 0.136 e. The fourth-order valence-corrected chi connectivity index (χ4v) is 9.97. The van der Waals surface area contributed by atoms with Crippen molar-refractivity contribution < 1.29 is 4.42 Å². The summed E-state index contributed by atoms with van der Waals surface area (Å²) in [6.45, 7) is 9.49. The van der Waals surface area contributed by atoms with E-state index >= 15 is 0 Å². The van der Waals surface area contributed by atoms with Gasteiger partial charge in [-0.25, -0.2) is 0 Å². The van der Waals surface area contributed by atoms with Crippen LogP contribution in [0.1, 0.15) is 49.9 Å². The molecule has 0 atom stereocenters. The van der Waals surface area contributed by atoms with E-state index in [2.05, 4.69) is 202 Å². The van der Waals surface area contributed by atoms with Gasteiger partial charge in [0.1, 0.15) is 11.2 Å². The summed E-state index contributed by atoms with van der Waals surface area (Å²) in [6, 6.07) is 64.6. The van der Waals surface area contributed by atoms with Gasteiger partial charge in [-0.3, -0.25) is 0 Å². The van der Waals surface area contributed by atoms with Gasteiger partial charge >= 0.3 is 0 Å². The van der Waals surface area contributed by atoms with E-state index in [1.165, 1.54) is 61.2 Å². The molecule has 0 N–H and O–H groups in total. The minimum absolute atomic E-state index is 0.125. The van der Waals surface area contributed by atoms with E-state index in [0.717, 1.165) is 44.6 Å². The third-order valence-corrected chi connectivity index (χ3v) is 12.6. The molecular weight excluding hydrogens is 679 g/mol. The predicted octanol–water partition coefficient (Wildman–Crippen LogP) is 15.0. The number of rotatable bonds is 5. The van der Waals surface area contributed by atoms with Crippen molar-refractivity contribution in [3.63, 3.8) is 0 Å². The topological polar surface area (TPSA) is 16.4 Å². The average Bonchev–Trinajstić information content (AvgIpc) is 3.81. The summed E-state index contributed by atoms with van der Waals surface area (Å²) in [6.07, 6.45) is 0. The van der Waals surface area contributed by atoms with Crippen molar-refractivity contribution in [3.8, 4) is 44.5 Å². The fraction of sp³-hybridized carbons (Fsp3) is 0.111. The first kappa shape index (κ1) is 32.8. The van der Waals surface area contributed by atoms with Gasteiger partial charge in [-0.15, -0.1) is 0 Å². The number of para-hydroxylation sites is 1. The summed E-state index contributed by atoms with van der Waals surface area (Å²) >= 11 is 0. The summed E-state index contributed by atoms with van der Waals surface area (Å²) in [5.41, 5.74) is 20.5. The highest BCUT2D eigenvalue weighted by molar-refractivity contribution is 6.12. The molecule has 9 aromatic rings. The van der Waals surface area contributed by atoms with Crippen LogP contribution >= 0.6 is 0 Å². The van der Waals surface area contributed by atoms with Crippen LogP contribution in [0.5, 0.6) is 0 Å². The molecule has 2 aliphatic carbocycles. The number of fused-ring (bicyclic) bond motifs is 9. The van der Waals surface area contributed by atoms with Crippen molar-refractivity contribution in [1.82, 2.24) is 0 Å². The van der Waals surface area contributed by atoms with Crippen molar-refractivity contribution in [1.29, 1.82) is 0 Å². The second-order valence-corrected chi connectivity index (χ2v) is 16.5. The third kappa shape index (κ3) is 4.69. The standard InChI is InChI=1S/C54H41NO/c1-53(2)46-21-11-8-17-40(46)42-30-29-37(33-48(42)53)55(36-27-25-35(26-28-36)39-20-14-24-50-51(39)43-19-10-13-23-49(43)56-50)38-31-44(34-15-6-5-7-16-34)52-45(32-38)41-18-9-12-22-47(41)54(52,3)4/h5-33H,1-4H3. The Morgan fingerprint density at radius 3 is 1.73 bits per heavy atom. The van der Waals surface area contributed by atoms with Crippen LogP contribution in [-0.4, -0.2) is 0 Å². The van der Waals surface area contributed by atoms with E-state index in [4.69, 9.17) is 4.42 Å². The minimum atomic E-state index is -0.149. The van der Waals surface area contributed by atoms with E-state index in [9.17, 15) is 0 Å². The zero-order chi connectivity index (χ0) is 37.8. The molecule has 1 aromatic heterocycles. The lowest BCUT2D eigenvalue weighted by Gasteiger charge is -2.30. The monoisotopic (exact) mass is 719 g/mol. The number of hydrogen-bond acceptors (Lipinski definition) is 2. The molecule has 56 heavy (non-hydrogen) atoms.